The van der Waals surface area contributed by atoms with Gasteiger partial charge in [-0.1, -0.05) is 11.6 Å². The summed E-state index contributed by atoms with van der Waals surface area (Å²) in [6.45, 7) is 3.68. The van der Waals surface area contributed by atoms with Crippen molar-refractivity contribution in [2.75, 3.05) is 20.2 Å². The zero-order valence-electron chi connectivity index (χ0n) is 11.1. The van der Waals surface area contributed by atoms with Crippen LogP contribution in [0.15, 0.2) is 12.1 Å². The smallest absolute Gasteiger partial charge is 0.310 e. The van der Waals surface area contributed by atoms with Gasteiger partial charge in [-0.05, 0) is 43.1 Å². The van der Waals surface area contributed by atoms with Crippen molar-refractivity contribution in [1.29, 1.82) is 0 Å². The summed E-state index contributed by atoms with van der Waals surface area (Å²) < 4.78 is 18.3. The predicted octanol–water partition coefficient (Wildman–Crippen LogP) is 2.78. The summed E-state index contributed by atoms with van der Waals surface area (Å²) >= 11 is 6.12. The molecule has 0 bridgehead atoms. The van der Waals surface area contributed by atoms with Crippen LogP contribution >= 0.6 is 11.6 Å². The molecule has 0 aromatic heterocycles. The number of rotatable bonds is 3. The number of carbonyl (C=O) groups excluding carboxylic acids is 1. The second-order valence-corrected chi connectivity index (χ2v) is 5.34. The Morgan fingerprint density at radius 3 is 3.00 bits per heavy atom. The summed E-state index contributed by atoms with van der Waals surface area (Å²) in [4.78, 5) is 13.5. The lowest BCUT2D eigenvalue weighted by atomic mass is 10.1. The van der Waals surface area contributed by atoms with Gasteiger partial charge in [-0.2, -0.15) is 0 Å². The molecule has 0 aliphatic carbocycles. The number of carbonyl (C=O) groups is 1. The first-order valence-corrected chi connectivity index (χ1v) is 6.63. The van der Waals surface area contributed by atoms with Crippen LogP contribution in [0.25, 0.3) is 0 Å². The fraction of sp³-hybridized carbons (Fsp3) is 0.500. The lowest BCUT2D eigenvalue weighted by Gasteiger charge is -2.17. The number of aryl methyl sites for hydroxylation is 1. The summed E-state index contributed by atoms with van der Waals surface area (Å²) in [5.41, 5.74) is 1.30. The van der Waals surface area contributed by atoms with E-state index in [-0.39, 0.29) is 17.7 Å². The first kappa shape index (κ1) is 14.3. The molecule has 1 fully saturated rings. The Labute approximate surface area is 117 Å². The van der Waals surface area contributed by atoms with Crippen molar-refractivity contribution in [3.05, 3.63) is 34.1 Å². The molecule has 1 aromatic rings. The summed E-state index contributed by atoms with van der Waals surface area (Å²) in [7, 11) is 1.40. The summed E-state index contributed by atoms with van der Waals surface area (Å²) in [5.74, 6) is -0.508. The first-order chi connectivity index (χ1) is 9.01. The zero-order chi connectivity index (χ0) is 14.0. The van der Waals surface area contributed by atoms with Gasteiger partial charge in [-0.25, -0.2) is 4.39 Å². The number of methoxy groups -OCH3 is 1. The van der Waals surface area contributed by atoms with Crippen LogP contribution in [-0.2, 0) is 16.1 Å². The van der Waals surface area contributed by atoms with E-state index in [0.717, 1.165) is 18.5 Å². The highest BCUT2D eigenvalue weighted by Crippen LogP contribution is 2.25. The van der Waals surface area contributed by atoms with Crippen molar-refractivity contribution >= 4 is 17.6 Å². The highest BCUT2D eigenvalue weighted by Gasteiger charge is 2.29. The van der Waals surface area contributed by atoms with Crippen molar-refractivity contribution in [2.45, 2.75) is 19.9 Å². The van der Waals surface area contributed by atoms with E-state index in [1.807, 2.05) is 0 Å². The van der Waals surface area contributed by atoms with Crippen LogP contribution < -0.4 is 0 Å². The highest BCUT2D eigenvalue weighted by atomic mass is 35.5. The molecule has 0 amide bonds. The third-order valence-electron chi connectivity index (χ3n) is 3.53. The third kappa shape index (κ3) is 3.25. The maximum atomic E-state index is 13.5. The minimum absolute atomic E-state index is 0.0842. The lowest BCUT2D eigenvalue weighted by molar-refractivity contribution is -0.144. The van der Waals surface area contributed by atoms with Crippen molar-refractivity contribution in [2.24, 2.45) is 5.92 Å². The quantitative estimate of drug-likeness (QED) is 0.800. The molecule has 1 heterocycles. The van der Waals surface area contributed by atoms with Gasteiger partial charge in [0.2, 0.25) is 0 Å². The molecule has 1 saturated heterocycles. The van der Waals surface area contributed by atoms with Crippen molar-refractivity contribution < 1.29 is 13.9 Å². The van der Waals surface area contributed by atoms with E-state index in [1.54, 1.807) is 13.0 Å². The van der Waals surface area contributed by atoms with Gasteiger partial charge >= 0.3 is 5.97 Å². The maximum absolute atomic E-state index is 13.5. The molecule has 104 valence electrons. The molecule has 0 saturated carbocycles. The molecule has 3 nitrogen and oxygen atoms in total. The van der Waals surface area contributed by atoms with E-state index in [4.69, 9.17) is 16.3 Å². The number of hydrogen-bond acceptors (Lipinski definition) is 3. The van der Waals surface area contributed by atoms with Gasteiger partial charge in [-0.15, -0.1) is 0 Å². The Morgan fingerprint density at radius 1 is 1.58 bits per heavy atom. The van der Waals surface area contributed by atoms with Gasteiger partial charge in [0.05, 0.1) is 13.0 Å². The molecular formula is C14H17ClFNO2. The van der Waals surface area contributed by atoms with Crippen LogP contribution in [0.5, 0.6) is 0 Å². The van der Waals surface area contributed by atoms with Gasteiger partial charge < -0.3 is 4.74 Å². The number of ether oxygens (including phenoxy) is 1. The molecule has 0 N–H and O–H groups in total. The van der Waals surface area contributed by atoms with Crippen LogP contribution in [-0.4, -0.2) is 31.1 Å². The Morgan fingerprint density at radius 2 is 2.32 bits per heavy atom. The first-order valence-electron chi connectivity index (χ1n) is 6.26. The van der Waals surface area contributed by atoms with E-state index < -0.39 is 0 Å². The van der Waals surface area contributed by atoms with Gasteiger partial charge in [0, 0.05) is 18.1 Å². The van der Waals surface area contributed by atoms with Crippen LogP contribution in [0.2, 0.25) is 5.02 Å². The monoisotopic (exact) mass is 285 g/mol. The molecule has 1 atom stereocenters. The number of halogens is 2. The third-order valence-corrected chi connectivity index (χ3v) is 3.88. The topological polar surface area (TPSA) is 29.5 Å². The second-order valence-electron chi connectivity index (χ2n) is 4.94. The molecule has 5 heteroatoms. The van der Waals surface area contributed by atoms with Gasteiger partial charge in [0.1, 0.15) is 5.82 Å². The Bertz CT molecular complexity index is 493. The molecule has 1 aliphatic heterocycles. The highest BCUT2D eigenvalue weighted by molar-refractivity contribution is 6.31. The molecule has 2 rings (SSSR count). The molecule has 1 unspecified atom stereocenters. The number of likely N-dealkylation sites (tertiary alicyclic amines) is 1. The minimum atomic E-state index is -0.247. The Balaban J connectivity index is 2.03. The van der Waals surface area contributed by atoms with E-state index in [2.05, 4.69) is 4.90 Å². The van der Waals surface area contributed by atoms with E-state index >= 15 is 0 Å². The summed E-state index contributed by atoms with van der Waals surface area (Å²) in [6, 6.07) is 3.11. The second kappa shape index (κ2) is 5.88. The zero-order valence-corrected chi connectivity index (χ0v) is 11.8. The van der Waals surface area contributed by atoms with E-state index in [9.17, 15) is 9.18 Å². The van der Waals surface area contributed by atoms with Gasteiger partial charge in [0.25, 0.3) is 0 Å². The number of benzene rings is 1. The van der Waals surface area contributed by atoms with E-state index in [0.29, 0.717) is 23.7 Å². The molecule has 0 radical (unpaired) electrons. The summed E-state index contributed by atoms with van der Waals surface area (Å²) in [5, 5.41) is 0.570. The van der Waals surface area contributed by atoms with Gasteiger partial charge in [0.15, 0.2) is 0 Å². The average molecular weight is 286 g/mol. The number of esters is 1. The van der Waals surface area contributed by atoms with Crippen molar-refractivity contribution in [3.8, 4) is 0 Å². The standard InChI is InChI=1S/C14H17ClFNO2/c1-9-5-12(15)11(6-13(9)16)8-17-4-3-10(7-17)14(18)19-2/h5-6,10H,3-4,7-8H2,1-2H3. The SMILES string of the molecule is COC(=O)C1CCN(Cc2cc(F)c(C)cc2Cl)C1. The molecular weight excluding hydrogens is 269 g/mol. The number of hydrogen-bond donors (Lipinski definition) is 0. The Kier molecular flexibility index (Phi) is 4.42. The maximum Gasteiger partial charge on any atom is 0.310 e. The fourth-order valence-electron chi connectivity index (χ4n) is 2.38. The fourth-order valence-corrected chi connectivity index (χ4v) is 2.66. The van der Waals surface area contributed by atoms with E-state index in [1.165, 1.54) is 13.2 Å². The molecule has 19 heavy (non-hydrogen) atoms. The van der Waals surface area contributed by atoms with Crippen LogP contribution in [0.4, 0.5) is 4.39 Å². The van der Waals surface area contributed by atoms with Crippen molar-refractivity contribution in [3.63, 3.8) is 0 Å². The normalized spacial score (nSPS) is 19.7. The summed E-state index contributed by atoms with van der Waals surface area (Å²) in [6.07, 6.45) is 0.776. The van der Waals surface area contributed by atoms with Crippen LogP contribution in [0.3, 0.4) is 0 Å². The van der Waals surface area contributed by atoms with Gasteiger partial charge in [-0.3, -0.25) is 9.69 Å². The number of nitrogens with zero attached hydrogens (tertiary/aromatic N) is 1. The lowest BCUT2D eigenvalue weighted by Crippen LogP contribution is -2.23. The van der Waals surface area contributed by atoms with Crippen LogP contribution in [0.1, 0.15) is 17.5 Å². The average Bonchev–Trinajstić information content (AvgIpc) is 2.83. The molecule has 1 aromatic carbocycles. The molecule has 0 spiro atoms. The molecule has 1 aliphatic rings. The largest absolute Gasteiger partial charge is 0.469 e. The van der Waals surface area contributed by atoms with Crippen molar-refractivity contribution in [1.82, 2.24) is 4.90 Å². The van der Waals surface area contributed by atoms with Crippen LogP contribution in [0, 0.1) is 18.7 Å². The minimum Gasteiger partial charge on any atom is -0.469 e. The predicted molar refractivity (Wildman–Crippen MR) is 71.5 cm³/mol. The Hall–Kier alpha value is -1.13.